The third-order valence-electron chi connectivity index (χ3n) is 2.73. The number of halogens is 1. The Morgan fingerprint density at radius 1 is 1.17 bits per heavy atom. The maximum atomic E-state index is 11.9. The maximum Gasteiger partial charge on any atom is 0.321 e. The van der Waals surface area contributed by atoms with Gasteiger partial charge in [0.15, 0.2) is 9.84 Å². The van der Waals surface area contributed by atoms with Crippen molar-refractivity contribution >= 4 is 37.5 Å². The largest absolute Gasteiger partial charge is 0.322 e. The number of hydrogen-bond donors (Lipinski definition) is 1. The minimum atomic E-state index is -2.96. The summed E-state index contributed by atoms with van der Waals surface area (Å²) in [7, 11) is -2.96. The second kappa shape index (κ2) is 5.27. The van der Waals surface area contributed by atoms with Gasteiger partial charge in [0.05, 0.1) is 11.5 Å². The Hall–Kier alpha value is -1.08. The first-order valence-corrected chi connectivity index (χ1v) is 8.10. The zero-order valence-electron chi connectivity index (χ0n) is 9.60. The number of urea groups is 1. The lowest BCUT2D eigenvalue weighted by molar-refractivity contribution is 0.216. The van der Waals surface area contributed by atoms with E-state index in [0.29, 0.717) is 5.69 Å². The average molecular weight is 333 g/mol. The van der Waals surface area contributed by atoms with E-state index in [-0.39, 0.29) is 30.6 Å². The zero-order valence-corrected chi connectivity index (χ0v) is 12.0. The Bertz CT molecular complexity index is 528. The highest BCUT2D eigenvalue weighted by molar-refractivity contribution is 9.10. The summed E-state index contributed by atoms with van der Waals surface area (Å²) in [6, 6.07) is 6.96. The highest BCUT2D eigenvalue weighted by Crippen LogP contribution is 2.15. The van der Waals surface area contributed by atoms with Crippen molar-refractivity contribution in [3.63, 3.8) is 0 Å². The van der Waals surface area contributed by atoms with Gasteiger partial charge in [0, 0.05) is 23.2 Å². The number of sulfone groups is 1. The molecule has 98 valence electrons. The molecule has 0 aliphatic carbocycles. The molecule has 18 heavy (non-hydrogen) atoms. The van der Waals surface area contributed by atoms with Crippen molar-refractivity contribution in [2.75, 3.05) is 29.9 Å². The van der Waals surface area contributed by atoms with Gasteiger partial charge in [0.1, 0.15) is 0 Å². The Kier molecular flexibility index (Phi) is 3.91. The summed E-state index contributed by atoms with van der Waals surface area (Å²) in [5, 5.41) is 2.74. The number of nitrogens with one attached hydrogen (secondary N) is 1. The van der Waals surface area contributed by atoms with Crippen LogP contribution in [0.4, 0.5) is 10.5 Å². The molecule has 0 atom stereocenters. The summed E-state index contributed by atoms with van der Waals surface area (Å²) in [6.07, 6.45) is 0. The van der Waals surface area contributed by atoms with Crippen molar-refractivity contribution in [1.29, 1.82) is 0 Å². The molecular weight excluding hydrogens is 320 g/mol. The predicted octanol–water partition coefficient (Wildman–Crippen LogP) is 1.71. The maximum absolute atomic E-state index is 11.9. The van der Waals surface area contributed by atoms with E-state index in [1.165, 1.54) is 4.90 Å². The number of benzene rings is 1. The summed E-state index contributed by atoms with van der Waals surface area (Å²) in [5.74, 6) is 0.0848. The van der Waals surface area contributed by atoms with Crippen LogP contribution >= 0.6 is 15.9 Å². The molecule has 1 aliphatic rings. The third kappa shape index (κ3) is 3.46. The smallest absolute Gasteiger partial charge is 0.321 e. The van der Waals surface area contributed by atoms with Crippen LogP contribution < -0.4 is 5.32 Å². The summed E-state index contributed by atoms with van der Waals surface area (Å²) >= 11 is 3.31. The van der Waals surface area contributed by atoms with E-state index in [1.54, 1.807) is 12.1 Å². The molecular formula is C11H13BrN2O3S. The van der Waals surface area contributed by atoms with Crippen LogP contribution in [0, 0.1) is 0 Å². The van der Waals surface area contributed by atoms with Crippen LogP contribution in [0.25, 0.3) is 0 Å². The number of anilines is 1. The lowest BCUT2D eigenvalue weighted by atomic mass is 10.3. The Morgan fingerprint density at radius 3 is 2.28 bits per heavy atom. The predicted molar refractivity (Wildman–Crippen MR) is 73.4 cm³/mol. The van der Waals surface area contributed by atoms with Crippen LogP contribution in [0.3, 0.4) is 0 Å². The standard InChI is InChI=1S/C11H13BrN2O3S/c12-9-1-3-10(4-2-9)13-11(15)14-5-7-18(16,17)8-6-14/h1-4H,5-8H2,(H,13,15). The Balaban J connectivity index is 1.95. The molecule has 1 aromatic carbocycles. The fraction of sp³-hybridized carbons (Fsp3) is 0.364. The molecule has 1 aliphatic heterocycles. The minimum absolute atomic E-state index is 0.0424. The fourth-order valence-corrected chi connectivity index (χ4v) is 3.12. The van der Waals surface area contributed by atoms with Crippen molar-refractivity contribution in [2.24, 2.45) is 0 Å². The van der Waals surface area contributed by atoms with E-state index < -0.39 is 9.84 Å². The molecule has 0 bridgehead atoms. The quantitative estimate of drug-likeness (QED) is 0.851. The second-order valence-corrected chi connectivity index (χ2v) is 7.30. The Labute approximate surface area is 114 Å². The first kappa shape index (κ1) is 13.4. The molecule has 1 N–H and O–H groups in total. The average Bonchev–Trinajstić information content (AvgIpc) is 2.32. The molecule has 0 radical (unpaired) electrons. The summed E-state index contributed by atoms with van der Waals surface area (Å²) < 4.78 is 23.4. The molecule has 7 heteroatoms. The van der Waals surface area contributed by atoms with Crippen LogP contribution in [-0.2, 0) is 9.84 Å². The van der Waals surface area contributed by atoms with Gasteiger partial charge in [-0.05, 0) is 24.3 Å². The van der Waals surface area contributed by atoms with E-state index >= 15 is 0 Å². The van der Waals surface area contributed by atoms with Crippen molar-refractivity contribution in [2.45, 2.75) is 0 Å². The first-order valence-electron chi connectivity index (χ1n) is 5.48. The Morgan fingerprint density at radius 2 is 1.72 bits per heavy atom. The molecule has 5 nitrogen and oxygen atoms in total. The van der Waals surface area contributed by atoms with Crippen LogP contribution in [0.1, 0.15) is 0 Å². The highest BCUT2D eigenvalue weighted by atomic mass is 79.9. The second-order valence-electron chi connectivity index (χ2n) is 4.08. The van der Waals surface area contributed by atoms with Gasteiger partial charge in [-0.1, -0.05) is 15.9 Å². The van der Waals surface area contributed by atoms with Crippen molar-refractivity contribution in [3.8, 4) is 0 Å². The van der Waals surface area contributed by atoms with Gasteiger partial charge >= 0.3 is 6.03 Å². The van der Waals surface area contributed by atoms with Gasteiger partial charge < -0.3 is 10.2 Å². The van der Waals surface area contributed by atoms with E-state index in [1.807, 2.05) is 12.1 Å². The van der Waals surface area contributed by atoms with Crippen LogP contribution in [0.15, 0.2) is 28.7 Å². The van der Waals surface area contributed by atoms with Gasteiger partial charge in [-0.15, -0.1) is 0 Å². The molecule has 2 rings (SSSR count). The highest BCUT2D eigenvalue weighted by Gasteiger charge is 2.24. The number of rotatable bonds is 1. The van der Waals surface area contributed by atoms with Crippen molar-refractivity contribution in [1.82, 2.24) is 4.90 Å². The van der Waals surface area contributed by atoms with Crippen LogP contribution in [0.2, 0.25) is 0 Å². The number of carbonyl (C=O) groups excluding carboxylic acids is 1. The molecule has 1 heterocycles. The van der Waals surface area contributed by atoms with Gasteiger partial charge in [0.2, 0.25) is 0 Å². The number of carbonyl (C=O) groups is 1. The number of hydrogen-bond acceptors (Lipinski definition) is 3. The summed E-state index contributed by atoms with van der Waals surface area (Å²) in [6.45, 7) is 0.509. The van der Waals surface area contributed by atoms with Crippen LogP contribution in [-0.4, -0.2) is 43.9 Å². The summed E-state index contributed by atoms with van der Waals surface area (Å²) in [4.78, 5) is 13.4. The monoisotopic (exact) mass is 332 g/mol. The molecule has 1 aromatic rings. The lowest BCUT2D eigenvalue weighted by Gasteiger charge is -2.26. The topological polar surface area (TPSA) is 66.5 Å². The van der Waals surface area contributed by atoms with Gasteiger partial charge in [-0.3, -0.25) is 0 Å². The molecule has 1 saturated heterocycles. The van der Waals surface area contributed by atoms with Gasteiger partial charge in [-0.25, -0.2) is 13.2 Å². The number of nitrogens with zero attached hydrogens (tertiary/aromatic N) is 1. The first-order chi connectivity index (χ1) is 8.46. The molecule has 0 aromatic heterocycles. The lowest BCUT2D eigenvalue weighted by Crippen LogP contribution is -2.45. The SMILES string of the molecule is O=C(Nc1ccc(Br)cc1)N1CCS(=O)(=O)CC1. The van der Waals surface area contributed by atoms with Crippen LogP contribution in [0.5, 0.6) is 0 Å². The molecule has 2 amide bonds. The minimum Gasteiger partial charge on any atom is -0.322 e. The van der Waals surface area contributed by atoms with Crippen molar-refractivity contribution < 1.29 is 13.2 Å². The normalized spacial score (nSPS) is 18.4. The van der Waals surface area contributed by atoms with E-state index in [4.69, 9.17) is 0 Å². The van der Waals surface area contributed by atoms with Gasteiger partial charge in [-0.2, -0.15) is 0 Å². The molecule has 0 unspecified atom stereocenters. The molecule has 1 fully saturated rings. The fourth-order valence-electron chi connectivity index (χ4n) is 1.65. The molecule has 0 saturated carbocycles. The van der Waals surface area contributed by atoms with Crippen molar-refractivity contribution in [3.05, 3.63) is 28.7 Å². The van der Waals surface area contributed by atoms with E-state index in [9.17, 15) is 13.2 Å². The van der Waals surface area contributed by atoms with E-state index in [2.05, 4.69) is 21.2 Å². The van der Waals surface area contributed by atoms with E-state index in [0.717, 1.165) is 4.47 Å². The molecule has 0 spiro atoms. The summed E-state index contributed by atoms with van der Waals surface area (Å²) in [5.41, 5.74) is 0.691. The van der Waals surface area contributed by atoms with Gasteiger partial charge in [0.25, 0.3) is 0 Å². The number of amides is 2. The zero-order chi connectivity index (χ0) is 13.2. The third-order valence-corrected chi connectivity index (χ3v) is 4.86.